The highest BCUT2D eigenvalue weighted by molar-refractivity contribution is 5.74. The van der Waals surface area contributed by atoms with E-state index in [0.717, 1.165) is 13.0 Å². The Morgan fingerprint density at radius 2 is 1.94 bits per heavy atom. The third kappa shape index (κ3) is 4.08. The number of carbonyl (C=O) groups excluding carboxylic acids is 1. The zero-order valence-corrected chi connectivity index (χ0v) is 10.7. The fourth-order valence-corrected chi connectivity index (χ4v) is 1.37. The Balaban J connectivity index is 2.73. The molecule has 1 rings (SSSR count). The van der Waals surface area contributed by atoms with Crippen molar-refractivity contribution in [1.82, 2.24) is 9.97 Å². The maximum absolute atomic E-state index is 10.7. The summed E-state index contributed by atoms with van der Waals surface area (Å²) in [7, 11) is 1.55. The van der Waals surface area contributed by atoms with E-state index < -0.39 is 0 Å². The topological polar surface area (TPSA) is 102 Å². The van der Waals surface area contributed by atoms with E-state index in [0.29, 0.717) is 23.9 Å². The number of hydrogen-bond acceptors (Lipinski definition) is 6. The molecule has 0 aliphatic carbocycles. The fourth-order valence-electron chi connectivity index (χ4n) is 1.37. The van der Waals surface area contributed by atoms with Crippen LogP contribution in [0.15, 0.2) is 6.33 Å². The number of carbonyl (C=O) groups is 1. The largest absolute Gasteiger partial charge is 0.490 e. The molecule has 0 aliphatic heterocycles. The van der Waals surface area contributed by atoms with Crippen LogP contribution in [0.3, 0.4) is 0 Å². The Morgan fingerprint density at radius 1 is 1.33 bits per heavy atom. The van der Waals surface area contributed by atoms with Crippen LogP contribution >= 0.6 is 0 Å². The number of hydrogen-bond donors (Lipinski definition) is 3. The smallest absolute Gasteiger partial charge is 0.219 e. The number of aromatic nitrogens is 2. The summed E-state index contributed by atoms with van der Waals surface area (Å²) in [5.74, 6) is 1.36. The minimum absolute atomic E-state index is 0.241. The molecule has 0 aliphatic rings. The predicted octanol–water partition coefficient (Wildman–Crippen LogP) is 0.594. The summed E-state index contributed by atoms with van der Waals surface area (Å²) in [4.78, 5) is 18.8. The second-order valence-electron chi connectivity index (χ2n) is 3.67. The first kappa shape index (κ1) is 14.0. The number of nitrogens with one attached hydrogen (secondary N) is 2. The van der Waals surface area contributed by atoms with Crippen LogP contribution in [-0.4, -0.2) is 36.1 Å². The average Bonchev–Trinajstić information content (AvgIpc) is 2.36. The SMILES string of the molecule is CCCNc1ncnc(NCCC(N)=O)c1OC. The van der Waals surface area contributed by atoms with Gasteiger partial charge in [0.2, 0.25) is 11.7 Å². The summed E-state index contributed by atoms with van der Waals surface area (Å²) >= 11 is 0. The molecule has 1 aromatic heterocycles. The molecule has 0 aromatic carbocycles. The number of methoxy groups -OCH3 is 1. The highest BCUT2D eigenvalue weighted by Crippen LogP contribution is 2.28. The van der Waals surface area contributed by atoms with Gasteiger partial charge in [-0.2, -0.15) is 0 Å². The van der Waals surface area contributed by atoms with Crippen molar-refractivity contribution in [2.45, 2.75) is 19.8 Å². The van der Waals surface area contributed by atoms with Crippen LogP contribution in [0.25, 0.3) is 0 Å². The van der Waals surface area contributed by atoms with E-state index >= 15 is 0 Å². The quantitative estimate of drug-likeness (QED) is 0.627. The Morgan fingerprint density at radius 3 is 2.44 bits per heavy atom. The zero-order chi connectivity index (χ0) is 13.4. The average molecular weight is 253 g/mol. The lowest BCUT2D eigenvalue weighted by molar-refractivity contribution is -0.117. The number of amides is 1. The number of ether oxygens (including phenoxy) is 1. The second kappa shape index (κ2) is 7.31. The molecule has 0 atom stereocenters. The molecule has 1 amide bonds. The molecule has 0 fully saturated rings. The van der Waals surface area contributed by atoms with Gasteiger partial charge in [-0.25, -0.2) is 9.97 Å². The summed E-state index contributed by atoms with van der Waals surface area (Å²) in [6.45, 7) is 3.27. The highest BCUT2D eigenvalue weighted by atomic mass is 16.5. The minimum atomic E-state index is -0.361. The molecular formula is C11H19N5O2. The Labute approximate surface area is 106 Å². The van der Waals surface area contributed by atoms with Crippen LogP contribution in [0.5, 0.6) is 5.75 Å². The Hall–Kier alpha value is -2.05. The first-order valence-corrected chi connectivity index (χ1v) is 5.84. The lowest BCUT2D eigenvalue weighted by atomic mass is 10.4. The first-order valence-electron chi connectivity index (χ1n) is 5.84. The van der Waals surface area contributed by atoms with E-state index in [1.807, 2.05) is 0 Å². The molecule has 1 aromatic rings. The minimum Gasteiger partial charge on any atom is -0.490 e. The van der Waals surface area contributed by atoms with E-state index in [-0.39, 0.29) is 12.3 Å². The van der Waals surface area contributed by atoms with Crippen molar-refractivity contribution in [3.8, 4) is 5.75 Å². The van der Waals surface area contributed by atoms with Crippen molar-refractivity contribution >= 4 is 17.5 Å². The summed E-state index contributed by atoms with van der Waals surface area (Å²) in [6, 6.07) is 0. The van der Waals surface area contributed by atoms with Gasteiger partial charge in [0.05, 0.1) is 7.11 Å². The maximum Gasteiger partial charge on any atom is 0.219 e. The van der Waals surface area contributed by atoms with Crippen molar-refractivity contribution in [1.29, 1.82) is 0 Å². The highest BCUT2D eigenvalue weighted by Gasteiger charge is 2.11. The molecule has 7 heteroatoms. The van der Waals surface area contributed by atoms with Crippen LogP contribution in [0.2, 0.25) is 0 Å². The molecule has 1 heterocycles. The second-order valence-corrected chi connectivity index (χ2v) is 3.67. The van der Waals surface area contributed by atoms with Gasteiger partial charge < -0.3 is 21.1 Å². The van der Waals surface area contributed by atoms with Crippen LogP contribution in [0.1, 0.15) is 19.8 Å². The fraction of sp³-hybridized carbons (Fsp3) is 0.545. The van der Waals surface area contributed by atoms with Gasteiger partial charge in [-0.3, -0.25) is 4.79 Å². The molecule has 18 heavy (non-hydrogen) atoms. The Bertz CT molecular complexity index is 397. The van der Waals surface area contributed by atoms with Gasteiger partial charge in [0.1, 0.15) is 6.33 Å². The summed E-state index contributed by atoms with van der Waals surface area (Å²) in [5, 5.41) is 6.14. The van der Waals surface area contributed by atoms with E-state index in [4.69, 9.17) is 10.5 Å². The summed E-state index contributed by atoms with van der Waals surface area (Å²) < 4.78 is 5.26. The zero-order valence-electron chi connectivity index (χ0n) is 10.7. The molecule has 0 saturated heterocycles. The molecule has 0 saturated carbocycles. The number of rotatable bonds is 8. The van der Waals surface area contributed by atoms with Crippen LogP contribution in [0.4, 0.5) is 11.6 Å². The Kier molecular flexibility index (Phi) is 5.69. The van der Waals surface area contributed by atoms with Gasteiger partial charge in [0, 0.05) is 19.5 Å². The lowest BCUT2D eigenvalue weighted by Gasteiger charge is -2.13. The summed E-state index contributed by atoms with van der Waals surface area (Å²) in [5.41, 5.74) is 5.07. The van der Waals surface area contributed by atoms with Crippen molar-refractivity contribution in [3.63, 3.8) is 0 Å². The first-order chi connectivity index (χ1) is 8.69. The van der Waals surface area contributed by atoms with Gasteiger partial charge in [-0.15, -0.1) is 0 Å². The number of nitrogens with zero attached hydrogens (tertiary/aromatic N) is 2. The summed E-state index contributed by atoms with van der Waals surface area (Å²) in [6.07, 6.45) is 2.66. The number of nitrogens with two attached hydrogens (primary N) is 1. The van der Waals surface area contributed by atoms with E-state index in [2.05, 4.69) is 27.5 Å². The van der Waals surface area contributed by atoms with E-state index in [1.165, 1.54) is 6.33 Å². The van der Waals surface area contributed by atoms with Gasteiger partial charge >= 0.3 is 0 Å². The molecular weight excluding hydrogens is 234 g/mol. The normalized spacial score (nSPS) is 9.89. The molecule has 0 unspecified atom stereocenters. The molecule has 0 radical (unpaired) electrons. The maximum atomic E-state index is 10.7. The van der Waals surface area contributed by atoms with E-state index in [1.54, 1.807) is 7.11 Å². The van der Waals surface area contributed by atoms with E-state index in [9.17, 15) is 4.79 Å². The lowest BCUT2D eigenvalue weighted by Crippen LogP contribution is -2.17. The van der Waals surface area contributed by atoms with Crippen molar-refractivity contribution in [3.05, 3.63) is 6.33 Å². The standard InChI is InChI=1S/C11H19N5O2/c1-3-5-13-10-9(18-2)11(16-7-15-10)14-6-4-8(12)17/h7H,3-6H2,1-2H3,(H2,12,17)(H2,13,14,15,16). The molecule has 100 valence electrons. The third-order valence-corrected chi connectivity index (χ3v) is 2.21. The van der Waals surface area contributed by atoms with Gasteiger partial charge in [0.15, 0.2) is 11.6 Å². The van der Waals surface area contributed by atoms with Crippen LogP contribution in [-0.2, 0) is 4.79 Å². The third-order valence-electron chi connectivity index (χ3n) is 2.21. The molecule has 0 bridgehead atoms. The van der Waals surface area contributed by atoms with Gasteiger partial charge in [-0.1, -0.05) is 6.92 Å². The molecule has 7 nitrogen and oxygen atoms in total. The monoisotopic (exact) mass is 253 g/mol. The molecule has 0 spiro atoms. The van der Waals surface area contributed by atoms with Crippen molar-refractivity contribution < 1.29 is 9.53 Å². The van der Waals surface area contributed by atoms with Crippen LogP contribution < -0.4 is 21.1 Å². The van der Waals surface area contributed by atoms with Crippen LogP contribution in [0, 0.1) is 0 Å². The number of primary amides is 1. The van der Waals surface area contributed by atoms with Crippen molar-refractivity contribution in [2.75, 3.05) is 30.8 Å². The van der Waals surface area contributed by atoms with Gasteiger partial charge in [-0.05, 0) is 6.42 Å². The predicted molar refractivity (Wildman–Crippen MR) is 69.7 cm³/mol. The van der Waals surface area contributed by atoms with Gasteiger partial charge in [0.25, 0.3) is 0 Å². The number of anilines is 2. The van der Waals surface area contributed by atoms with Crippen molar-refractivity contribution in [2.24, 2.45) is 5.73 Å². The molecule has 4 N–H and O–H groups in total.